The number of piperidine rings is 1. The molecule has 0 aliphatic carbocycles. The number of rotatable bonds is 4. The molecule has 0 atom stereocenters. The molecule has 1 saturated heterocycles. The van der Waals surface area contributed by atoms with E-state index < -0.39 is 16.0 Å². The Labute approximate surface area is 139 Å². The minimum atomic E-state index is -4.05. The smallest absolute Gasteiger partial charge is 0.338 e. The Morgan fingerprint density at radius 2 is 1.87 bits per heavy atom. The van der Waals surface area contributed by atoms with Gasteiger partial charge < -0.3 is 9.64 Å². The number of hydrogen-bond donors (Lipinski definition) is 1. The molecule has 1 aliphatic rings. The highest BCUT2D eigenvalue weighted by molar-refractivity contribution is 7.89. The molecule has 1 amide bonds. The van der Waals surface area contributed by atoms with Crippen LogP contribution < -0.4 is 5.14 Å². The highest BCUT2D eigenvalue weighted by Crippen LogP contribution is 2.22. The summed E-state index contributed by atoms with van der Waals surface area (Å²) in [6.07, 6.45) is 2.97. The Kier molecular flexibility index (Phi) is 5.61. The third kappa shape index (κ3) is 4.66. The van der Waals surface area contributed by atoms with Crippen LogP contribution in [0.25, 0.3) is 0 Å². The highest BCUT2D eigenvalue weighted by Gasteiger charge is 2.20. The van der Waals surface area contributed by atoms with Gasteiger partial charge in [0, 0.05) is 13.1 Å². The first-order chi connectivity index (χ1) is 10.8. The fourth-order valence-electron chi connectivity index (χ4n) is 2.29. The van der Waals surface area contributed by atoms with E-state index in [-0.39, 0.29) is 28.0 Å². The van der Waals surface area contributed by atoms with E-state index in [0.29, 0.717) is 13.1 Å². The lowest BCUT2D eigenvalue weighted by Crippen LogP contribution is -2.38. The van der Waals surface area contributed by atoms with Crippen LogP contribution in [0.15, 0.2) is 23.1 Å². The molecule has 1 aromatic carbocycles. The van der Waals surface area contributed by atoms with Crippen molar-refractivity contribution in [1.82, 2.24) is 4.90 Å². The molecule has 0 saturated carbocycles. The van der Waals surface area contributed by atoms with Crippen molar-refractivity contribution in [3.05, 3.63) is 28.8 Å². The Morgan fingerprint density at radius 3 is 2.48 bits per heavy atom. The fourth-order valence-corrected chi connectivity index (χ4v) is 3.36. The van der Waals surface area contributed by atoms with E-state index in [1.807, 2.05) is 0 Å². The number of nitrogens with two attached hydrogens (primary N) is 1. The van der Waals surface area contributed by atoms with Gasteiger partial charge in [-0.1, -0.05) is 11.6 Å². The summed E-state index contributed by atoms with van der Waals surface area (Å²) < 4.78 is 27.7. The van der Waals surface area contributed by atoms with E-state index >= 15 is 0 Å². The van der Waals surface area contributed by atoms with Crippen LogP contribution in [0.3, 0.4) is 0 Å². The summed E-state index contributed by atoms with van der Waals surface area (Å²) in [5.74, 6) is -1.07. The first-order valence-corrected chi connectivity index (χ1v) is 8.99. The van der Waals surface area contributed by atoms with Crippen molar-refractivity contribution >= 4 is 33.5 Å². The van der Waals surface area contributed by atoms with Crippen molar-refractivity contribution in [1.29, 1.82) is 0 Å². The van der Waals surface area contributed by atoms with Crippen LogP contribution >= 0.6 is 11.6 Å². The molecule has 1 heterocycles. The van der Waals surface area contributed by atoms with Crippen LogP contribution in [0, 0.1) is 0 Å². The van der Waals surface area contributed by atoms with Crippen molar-refractivity contribution in [3.63, 3.8) is 0 Å². The second-order valence-corrected chi connectivity index (χ2v) is 7.14. The summed E-state index contributed by atoms with van der Waals surface area (Å²) in [6.45, 7) is 0.936. The van der Waals surface area contributed by atoms with Gasteiger partial charge in [0.25, 0.3) is 5.91 Å². The molecule has 0 bridgehead atoms. The van der Waals surface area contributed by atoms with Crippen molar-refractivity contribution in [2.75, 3.05) is 19.7 Å². The second-order valence-electron chi connectivity index (χ2n) is 5.21. The monoisotopic (exact) mass is 360 g/mol. The number of primary sulfonamides is 1. The van der Waals surface area contributed by atoms with Crippen molar-refractivity contribution in [2.24, 2.45) is 5.14 Å². The van der Waals surface area contributed by atoms with Gasteiger partial charge in [-0.05, 0) is 37.5 Å². The number of benzene rings is 1. The zero-order valence-electron chi connectivity index (χ0n) is 12.3. The maximum Gasteiger partial charge on any atom is 0.338 e. The van der Waals surface area contributed by atoms with Gasteiger partial charge in [0.15, 0.2) is 6.61 Å². The maximum atomic E-state index is 12.0. The van der Waals surface area contributed by atoms with E-state index in [4.69, 9.17) is 21.5 Å². The van der Waals surface area contributed by atoms with Gasteiger partial charge in [0.1, 0.15) is 4.90 Å². The number of likely N-dealkylation sites (tertiary alicyclic amines) is 1. The molecule has 1 aliphatic heterocycles. The standard InChI is InChI=1S/C14H17ClN2O5S/c15-11-5-4-10(8-12(11)23(16,20)21)14(19)22-9-13(18)17-6-2-1-3-7-17/h4-5,8H,1-3,6-7,9H2,(H2,16,20,21). The number of halogens is 1. The Balaban J connectivity index is 2.02. The fraction of sp³-hybridized carbons (Fsp3) is 0.429. The molecule has 0 radical (unpaired) electrons. The van der Waals surface area contributed by atoms with Crippen molar-refractivity contribution in [2.45, 2.75) is 24.2 Å². The molecule has 2 rings (SSSR count). The molecule has 0 unspecified atom stereocenters. The summed E-state index contributed by atoms with van der Waals surface area (Å²) >= 11 is 5.74. The Bertz CT molecular complexity index is 714. The lowest BCUT2D eigenvalue weighted by atomic mass is 10.1. The lowest BCUT2D eigenvalue weighted by molar-refractivity contribution is -0.135. The molecule has 2 N–H and O–H groups in total. The molecule has 1 aromatic rings. The average molecular weight is 361 g/mol. The second kappa shape index (κ2) is 7.29. The van der Waals surface area contributed by atoms with Crippen LogP contribution in [0.5, 0.6) is 0 Å². The molecule has 126 valence electrons. The van der Waals surface area contributed by atoms with Crippen LogP contribution in [0.1, 0.15) is 29.6 Å². The highest BCUT2D eigenvalue weighted by atomic mass is 35.5. The van der Waals surface area contributed by atoms with Gasteiger partial charge >= 0.3 is 5.97 Å². The van der Waals surface area contributed by atoms with Crippen LogP contribution in [-0.4, -0.2) is 44.9 Å². The summed E-state index contributed by atoms with van der Waals surface area (Å²) in [4.78, 5) is 25.2. The number of amides is 1. The van der Waals surface area contributed by atoms with Crippen LogP contribution in [-0.2, 0) is 19.6 Å². The van der Waals surface area contributed by atoms with E-state index in [0.717, 1.165) is 25.3 Å². The molecular formula is C14H17ClN2O5S. The molecule has 1 fully saturated rings. The number of carbonyl (C=O) groups excluding carboxylic acids is 2. The summed E-state index contributed by atoms with van der Waals surface area (Å²) in [7, 11) is -4.05. The summed E-state index contributed by atoms with van der Waals surface area (Å²) in [5.41, 5.74) is -0.0372. The lowest BCUT2D eigenvalue weighted by Gasteiger charge is -2.26. The van der Waals surface area contributed by atoms with Gasteiger partial charge in [-0.15, -0.1) is 0 Å². The van der Waals surface area contributed by atoms with Gasteiger partial charge in [-0.3, -0.25) is 4.79 Å². The first kappa shape index (κ1) is 17.7. The normalized spacial score (nSPS) is 15.3. The first-order valence-electron chi connectivity index (χ1n) is 7.06. The zero-order valence-corrected chi connectivity index (χ0v) is 13.9. The van der Waals surface area contributed by atoms with Gasteiger partial charge in [-0.2, -0.15) is 0 Å². The topological polar surface area (TPSA) is 107 Å². The summed E-state index contributed by atoms with van der Waals surface area (Å²) in [5, 5.41) is 4.93. The van der Waals surface area contributed by atoms with E-state index in [1.54, 1.807) is 4.90 Å². The molecule has 0 aromatic heterocycles. The number of hydrogen-bond acceptors (Lipinski definition) is 5. The number of esters is 1. The zero-order chi connectivity index (χ0) is 17.0. The Hall–Kier alpha value is -1.64. The SMILES string of the molecule is NS(=O)(=O)c1cc(C(=O)OCC(=O)N2CCCCC2)ccc1Cl. The van der Waals surface area contributed by atoms with E-state index in [9.17, 15) is 18.0 Å². The predicted octanol–water partition coefficient (Wildman–Crippen LogP) is 1.16. The van der Waals surface area contributed by atoms with Crippen molar-refractivity contribution in [3.8, 4) is 0 Å². The Morgan fingerprint density at radius 1 is 1.22 bits per heavy atom. The molecule has 23 heavy (non-hydrogen) atoms. The number of ether oxygens (including phenoxy) is 1. The molecule has 7 nitrogen and oxygen atoms in total. The molecule has 0 spiro atoms. The van der Waals surface area contributed by atoms with Crippen LogP contribution in [0.2, 0.25) is 5.02 Å². The third-order valence-corrected chi connectivity index (χ3v) is 4.90. The van der Waals surface area contributed by atoms with Gasteiger partial charge in [0.2, 0.25) is 10.0 Å². The van der Waals surface area contributed by atoms with Gasteiger partial charge in [0.05, 0.1) is 10.6 Å². The van der Waals surface area contributed by atoms with E-state index in [2.05, 4.69) is 0 Å². The summed E-state index contributed by atoms with van der Waals surface area (Å²) in [6, 6.07) is 3.58. The number of nitrogens with zero attached hydrogens (tertiary/aromatic N) is 1. The predicted molar refractivity (Wildman–Crippen MR) is 83.5 cm³/mol. The van der Waals surface area contributed by atoms with Crippen LogP contribution in [0.4, 0.5) is 0 Å². The van der Waals surface area contributed by atoms with Crippen molar-refractivity contribution < 1.29 is 22.7 Å². The quantitative estimate of drug-likeness (QED) is 0.811. The third-order valence-electron chi connectivity index (χ3n) is 3.51. The van der Waals surface area contributed by atoms with E-state index in [1.165, 1.54) is 12.1 Å². The number of carbonyl (C=O) groups is 2. The number of sulfonamides is 1. The molecule has 9 heteroatoms. The maximum absolute atomic E-state index is 12.0. The molecular weight excluding hydrogens is 344 g/mol. The minimum Gasteiger partial charge on any atom is -0.452 e. The largest absolute Gasteiger partial charge is 0.452 e. The van der Waals surface area contributed by atoms with Gasteiger partial charge in [-0.25, -0.2) is 18.4 Å². The minimum absolute atomic E-state index is 0.0372. The average Bonchev–Trinajstić information content (AvgIpc) is 2.52.